The Kier molecular flexibility index (Phi) is 7.57. The Balaban J connectivity index is 1.67. The molecule has 1 atom stereocenters. The lowest BCUT2D eigenvalue weighted by atomic mass is 10.1. The molecular weight excluding hydrogens is 483 g/mol. The lowest BCUT2D eigenvalue weighted by Gasteiger charge is -2.16. The highest BCUT2D eigenvalue weighted by Gasteiger charge is 2.18. The Hall–Kier alpha value is -2.74. The van der Waals surface area contributed by atoms with Crippen molar-refractivity contribution in [3.05, 3.63) is 81.3 Å². The Morgan fingerprint density at radius 1 is 0.970 bits per heavy atom. The standard InChI is InChI=1S/C24H24Cl2N2O4S/c1-14-12-19(13-15(2)23(14)26)32-17(4)24(29)27-18-8-10-20(11-9-18)33(30,31)28-22-7-5-6-21(25)16(22)3/h5-13,17,28H,1-4H3,(H,27,29)/t17-/m0/s1. The van der Waals surface area contributed by atoms with Crippen molar-refractivity contribution >= 4 is 50.5 Å². The van der Waals surface area contributed by atoms with Gasteiger partial charge in [0.2, 0.25) is 0 Å². The maximum Gasteiger partial charge on any atom is 0.265 e. The van der Waals surface area contributed by atoms with Crippen molar-refractivity contribution < 1.29 is 17.9 Å². The maximum absolute atomic E-state index is 12.7. The van der Waals surface area contributed by atoms with Crippen LogP contribution in [0.15, 0.2) is 59.5 Å². The summed E-state index contributed by atoms with van der Waals surface area (Å²) in [6, 6.07) is 14.4. The van der Waals surface area contributed by atoms with Gasteiger partial charge in [0.25, 0.3) is 15.9 Å². The summed E-state index contributed by atoms with van der Waals surface area (Å²) < 4.78 is 33.7. The molecule has 174 valence electrons. The van der Waals surface area contributed by atoms with Crippen LogP contribution in [0.1, 0.15) is 23.6 Å². The first-order valence-electron chi connectivity index (χ1n) is 10.1. The van der Waals surface area contributed by atoms with E-state index in [9.17, 15) is 13.2 Å². The van der Waals surface area contributed by atoms with Crippen LogP contribution in [-0.2, 0) is 14.8 Å². The van der Waals surface area contributed by atoms with Crippen LogP contribution in [0.3, 0.4) is 0 Å². The third-order valence-corrected chi connectivity index (χ3v) is 7.42. The molecule has 0 spiro atoms. The van der Waals surface area contributed by atoms with Crippen molar-refractivity contribution in [2.24, 2.45) is 0 Å². The molecule has 0 aromatic heterocycles. The van der Waals surface area contributed by atoms with Crippen molar-refractivity contribution in [2.75, 3.05) is 10.0 Å². The van der Waals surface area contributed by atoms with Gasteiger partial charge in [0.05, 0.1) is 10.6 Å². The fourth-order valence-electron chi connectivity index (χ4n) is 3.11. The number of aryl methyl sites for hydroxylation is 2. The summed E-state index contributed by atoms with van der Waals surface area (Å²) >= 11 is 12.2. The van der Waals surface area contributed by atoms with Crippen LogP contribution in [0.4, 0.5) is 11.4 Å². The van der Waals surface area contributed by atoms with Crippen molar-refractivity contribution in [1.29, 1.82) is 0 Å². The van der Waals surface area contributed by atoms with Crippen LogP contribution >= 0.6 is 23.2 Å². The summed E-state index contributed by atoms with van der Waals surface area (Å²) in [5, 5.41) is 3.85. The second-order valence-electron chi connectivity index (χ2n) is 7.66. The van der Waals surface area contributed by atoms with Gasteiger partial charge in [-0.1, -0.05) is 29.3 Å². The van der Waals surface area contributed by atoms with E-state index in [2.05, 4.69) is 10.0 Å². The summed E-state index contributed by atoms with van der Waals surface area (Å²) in [7, 11) is -3.82. The Morgan fingerprint density at radius 2 is 1.58 bits per heavy atom. The molecule has 3 aromatic rings. The van der Waals surface area contributed by atoms with Gasteiger partial charge in [0.1, 0.15) is 5.75 Å². The maximum atomic E-state index is 12.7. The fraction of sp³-hybridized carbons (Fsp3) is 0.208. The fourth-order valence-corrected chi connectivity index (χ4v) is 4.52. The largest absolute Gasteiger partial charge is 0.481 e. The van der Waals surface area contributed by atoms with Gasteiger partial charge in [-0.05, 0) is 92.9 Å². The Labute approximate surface area is 203 Å². The minimum absolute atomic E-state index is 0.0521. The minimum atomic E-state index is -3.82. The number of rotatable bonds is 7. The van der Waals surface area contributed by atoms with E-state index < -0.39 is 16.1 Å². The number of ether oxygens (including phenoxy) is 1. The van der Waals surface area contributed by atoms with Gasteiger partial charge in [0.15, 0.2) is 6.10 Å². The number of sulfonamides is 1. The number of carbonyl (C=O) groups excluding carboxylic acids is 1. The first-order valence-corrected chi connectivity index (χ1v) is 12.3. The topological polar surface area (TPSA) is 84.5 Å². The van der Waals surface area contributed by atoms with E-state index in [1.54, 1.807) is 44.2 Å². The highest BCUT2D eigenvalue weighted by molar-refractivity contribution is 7.92. The molecule has 1 amide bonds. The van der Waals surface area contributed by atoms with Crippen LogP contribution < -0.4 is 14.8 Å². The third kappa shape index (κ3) is 5.99. The third-order valence-electron chi connectivity index (χ3n) is 5.04. The average Bonchev–Trinajstić information content (AvgIpc) is 2.75. The molecule has 0 saturated carbocycles. The quantitative estimate of drug-likeness (QED) is 0.403. The molecule has 3 rings (SSSR count). The molecule has 0 saturated heterocycles. The number of halogens is 2. The van der Waals surface area contributed by atoms with Crippen molar-refractivity contribution in [3.63, 3.8) is 0 Å². The monoisotopic (exact) mass is 506 g/mol. The average molecular weight is 507 g/mol. The lowest BCUT2D eigenvalue weighted by Crippen LogP contribution is -2.30. The zero-order chi connectivity index (χ0) is 24.3. The van der Waals surface area contributed by atoms with Gasteiger partial charge in [-0.15, -0.1) is 0 Å². The van der Waals surface area contributed by atoms with Crippen molar-refractivity contribution in [1.82, 2.24) is 0 Å². The molecule has 9 heteroatoms. The van der Waals surface area contributed by atoms with Gasteiger partial charge in [0, 0.05) is 15.7 Å². The lowest BCUT2D eigenvalue weighted by molar-refractivity contribution is -0.122. The van der Waals surface area contributed by atoms with Gasteiger partial charge < -0.3 is 10.1 Å². The molecule has 0 aliphatic heterocycles. The predicted molar refractivity (Wildman–Crippen MR) is 133 cm³/mol. The molecule has 0 aliphatic carbocycles. The van der Waals surface area contributed by atoms with Crippen LogP contribution in [-0.4, -0.2) is 20.4 Å². The second-order valence-corrected chi connectivity index (χ2v) is 10.1. The van der Waals surface area contributed by atoms with Gasteiger partial charge in [-0.3, -0.25) is 9.52 Å². The zero-order valence-electron chi connectivity index (χ0n) is 18.6. The SMILES string of the molecule is Cc1cc(O[C@@H](C)C(=O)Nc2ccc(S(=O)(=O)Nc3cccc(Cl)c3C)cc2)cc(C)c1Cl. The molecule has 0 radical (unpaired) electrons. The first-order chi connectivity index (χ1) is 15.5. The van der Waals surface area contributed by atoms with E-state index in [4.69, 9.17) is 27.9 Å². The van der Waals surface area contributed by atoms with Gasteiger partial charge in [-0.2, -0.15) is 0 Å². The number of hydrogen-bond acceptors (Lipinski definition) is 4. The van der Waals surface area contributed by atoms with Crippen molar-refractivity contribution in [3.8, 4) is 5.75 Å². The van der Waals surface area contributed by atoms with E-state index in [0.717, 1.165) is 11.1 Å². The van der Waals surface area contributed by atoms with E-state index in [-0.39, 0.29) is 10.8 Å². The molecule has 0 bridgehead atoms. The highest BCUT2D eigenvalue weighted by Crippen LogP contribution is 2.27. The Bertz CT molecular complexity index is 1270. The molecule has 0 aliphatic rings. The molecule has 2 N–H and O–H groups in total. The number of nitrogens with one attached hydrogen (secondary N) is 2. The van der Waals surface area contributed by atoms with Crippen LogP contribution in [0, 0.1) is 20.8 Å². The molecule has 33 heavy (non-hydrogen) atoms. The highest BCUT2D eigenvalue weighted by atomic mass is 35.5. The first kappa shape index (κ1) is 24.9. The summed E-state index contributed by atoms with van der Waals surface area (Å²) in [5.74, 6) is 0.171. The summed E-state index contributed by atoms with van der Waals surface area (Å²) in [5.41, 5.74) is 3.19. The minimum Gasteiger partial charge on any atom is -0.481 e. The van der Waals surface area contributed by atoms with Crippen LogP contribution in [0.5, 0.6) is 5.75 Å². The molecule has 0 fully saturated rings. The van der Waals surface area contributed by atoms with Gasteiger partial charge >= 0.3 is 0 Å². The normalized spacial score (nSPS) is 12.2. The van der Waals surface area contributed by atoms with E-state index >= 15 is 0 Å². The number of amides is 1. The predicted octanol–water partition coefficient (Wildman–Crippen LogP) is 6.13. The second kappa shape index (κ2) is 10.0. The Morgan fingerprint density at radius 3 is 2.18 bits per heavy atom. The number of carbonyl (C=O) groups is 1. The number of anilines is 2. The van der Waals surface area contributed by atoms with Crippen molar-refractivity contribution in [2.45, 2.75) is 38.7 Å². The van der Waals surface area contributed by atoms with Crippen LogP contribution in [0.2, 0.25) is 10.0 Å². The van der Waals surface area contributed by atoms with Crippen LogP contribution in [0.25, 0.3) is 0 Å². The molecule has 3 aromatic carbocycles. The summed E-state index contributed by atoms with van der Waals surface area (Å²) in [4.78, 5) is 12.6. The molecule has 6 nitrogen and oxygen atoms in total. The molecular formula is C24H24Cl2N2O4S. The van der Waals surface area contributed by atoms with E-state index in [1.807, 2.05) is 13.8 Å². The zero-order valence-corrected chi connectivity index (χ0v) is 20.9. The number of benzene rings is 3. The van der Waals surface area contributed by atoms with E-state index in [1.165, 1.54) is 24.3 Å². The van der Waals surface area contributed by atoms with E-state index in [0.29, 0.717) is 32.7 Å². The van der Waals surface area contributed by atoms with Gasteiger partial charge in [-0.25, -0.2) is 8.42 Å². The summed E-state index contributed by atoms with van der Waals surface area (Å²) in [6.45, 7) is 7.09. The number of hydrogen-bond donors (Lipinski definition) is 2. The summed E-state index contributed by atoms with van der Waals surface area (Å²) in [6.07, 6.45) is -0.777. The smallest absolute Gasteiger partial charge is 0.265 e. The molecule has 0 heterocycles. The molecule has 0 unspecified atom stereocenters.